The number of nitrogens with one attached hydrogen (secondary N) is 1. The second kappa shape index (κ2) is 6.59. The zero-order valence-corrected chi connectivity index (χ0v) is 16.4. The first-order valence-electron chi connectivity index (χ1n) is 10.5. The van der Waals surface area contributed by atoms with Gasteiger partial charge in [-0.05, 0) is 82.2 Å². The number of amides is 1. The minimum Gasteiger partial charge on any atom is -0.339 e. The van der Waals surface area contributed by atoms with E-state index in [4.69, 9.17) is 4.98 Å². The lowest BCUT2D eigenvalue weighted by atomic mass is 9.92. The van der Waals surface area contributed by atoms with Crippen LogP contribution in [0.5, 0.6) is 0 Å². The number of pyridine rings is 1. The lowest BCUT2D eigenvalue weighted by molar-refractivity contribution is 0.0760. The maximum absolute atomic E-state index is 13.6. The molecule has 2 saturated heterocycles. The van der Waals surface area contributed by atoms with E-state index in [0.29, 0.717) is 5.92 Å². The van der Waals surface area contributed by atoms with Gasteiger partial charge in [0.05, 0.1) is 11.1 Å². The molecule has 1 aromatic heterocycles. The molecule has 27 heavy (non-hydrogen) atoms. The summed E-state index contributed by atoms with van der Waals surface area (Å²) in [5, 5.41) is 4.55. The van der Waals surface area contributed by atoms with E-state index < -0.39 is 0 Å². The van der Waals surface area contributed by atoms with E-state index >= 15 is 0 Å². The van der Waals surface area contributed by atoms with Gasteiger partial charge in [-0.15, -0.1) is 0 Å². The van der Waals surface area contributed by atoms with Gasteiger partial charge in [0.1, 0.15) is 0 Å². The lowest BCUT2D eigenvalue weighted by Crippen LogP contribution is -2.33. The maximum atomic E-state index is 13.6. The molecule has 4 heteroatoms. The Balaban J connectivity index is 1.53. The molecule has 0 radical (unpaired) electrons. The molecule has 1 aliphatic carbocycles. The average Bonchev–Trinajstić information content (AvgIpc) is 3.44. The number of aromatic nitrogens is 1. The monoisotopic (exact) mass is 363 g/mol. The Bertz CT molecular complexity index is 888. The largest absolute Gasteiger partial charge is 0.339 e. The molecule has 3 aliphatic rings. The fourth-order valence-electron chi connectivity index (χ4n) is 5.06. The summed E-state index contributed by atoms with van der Waals surface area (Å²) in [6, 6.07) is 6.44. The second-order valence-corrected chi connectivity index (χ2v) is 8.89. The van der Waals surface area contributed by atoms with Crippen LogP contribution in [0.2, 0.25) is 0 Å². The molecule has 4 nitrogen and oxygen atoms in total. The summed E-state index contributed by atoms with van der Waals surface area (Å²) in [6.07, 6.45) is 4.66. The normalized spacial score (nSPS) is 25.5. The van der Waals surface area contributed by atoms with Gasteiger partial charge in [0, 0.05) is 30.1 Å². The van der Waals surface area contributed by atoms with Crippen molar-refractivity contribution in [2.24, 2.45) is 11.8 Å². The molecule has 3 heterocycles. The number of hydrogen-bond acceptors (Lipinski definition) is 3. The predicted octanol–water partition coefficient (Wildman–Crippen LogP) is 3.80. The molecule has 0 bridgehead atoms. The Kier molecular flexibility index (Phi) is 4.19. The molecule has 1 saturated carbocycles. The fourth-order valence-corrected chi connectivity index (χ4v) is 5.06. The van der Waals surface area contributed by atoms with Crippen LogP contribution < -0.4 is 5.32 Å². The smallest absolute Gasteiger partial charge is 0.254 e. The quantitative estimate of drug-likeness (QED) is 0.883. The Morgan fingerprint density at radius 3 is 2.41 bits per heavy atom. The summed E-state index contributed by atoms with van der Waals surface area (Å²) < 4.78 is 0. The van der Waals surface area contributed by atoms with Crippen molar-refractivity contribution in [1.29, 1.82) is 0 Å². The van der Waals surface area contributed by atoms with Crippen LogP contribution in [0.15, 0.2) is 18.2 Å². The van der Waals surface area contributed by atoms with Crippen LogP contribution in [0.4, 0.5) is 0 Å². The molecule has 1 amide bonds. The Morgan fingerprint density at radius 2 is 1.74 bits per heavy atom. The molecule has 142 valence electrons. The summed E-state index contributed by atoms with van der Waals surface area (Å²) >= 11 is 0. The number of likely N-dealkylation sites (tertiary alicyclic amines) is 1. The Labute approximate surface area is 161 Å². The zero-order chi connectivity index (χ0) is 18.5. The van der Waals surface area contributed by atoms with E-state index in [1.807, 2.05) is 0 Å². The van der Waals surface area contributed by atoms with Gasteiger partial charge in [-0.2, -0.15) is 0 Å². The molecule has 1 aromatic carbocycles. The maximum Gasteiger partial charge on any atom is 0.254 e. The van der Waals surface area contributed by atoms with Gasteiger partial charge < -0.3 is 10.2 Å². The van der Waals surface area contributed by atoms with Crippen molar-refractivity contribution >= 4 is 16.8 Å². The topological polar surface area (TPSA) is 45.2 Å². The SMILES string of the molecule is Cc1cc(C)c2nc(C3CC3)cc(C(=O)N3CC[C@@H]4CNC[C@@H]4CC3)c2c1. The number of nitrogens with zero attached hydrogens (tertiary/aromatic N) is 2. The fraction of sp³-hybridized carbons (Fsp3) is 0.565. The van der Waals surface area contributed by atoms with Crippen LogP contribution in [0.25, 0.3) is 10.9 Å². The summed E-state index contributed by atoms with van der Waals surface area (Å²) in [7, 11) is 0. The third-order valence-electron chi connectivity index (χ3n) is 6.80. The van der Waals surface area contributed by atoms with Crippen molar-refractivity contribution in [3.63, 3.8) is 0 Å². The molecular weight excluding hydrogens is 334 g/mol. The van der Waals surface area contributed by atoms with E-state index in [2.05, 4.69) is 42.3 Å². The van der Waals surface area contributed by atoms with Crippen molar-refractivity contribution in [2.45, 2.75) is 45.4 Å². The first-order valence-corrected chi connectivity index (χ1v) is 10.5. The number of fused-ring (bicyclic) bond motifs is 2. The van der Waals surface area contributed by atoms with Crippen molar-refractivity contribution in [3.8, 4) is 0 Å². The zero-order valence-electron chi connectivity index (χ0n) is 16.4. The highest BCUT2D eigenvalue weighted by molar-refractivity contribution is 6.07. The number of carbonyl (C=O) groups is 1. The highest BCUT2D eigenvalue weighted by Crippen LogP contribution is 2.41. The van der Waals surface area contributed by atoms with Crippen molar-refractivity contribution in [1.82, 2.24) is 15.2 Å². The van der Waals surface area contributed by atoms with E-state index in [-0.39, 0.29) is 5.91 Å². The Hall–Kier alpha value is -1.94. The van der Waals surface area contributed by atoms with E-state index in [1.54, 1.807) is 0 Å². The second-order valence-electron chi connectivity index (χ2n) is 8.89. The highest BCUT2D eigenvalue weighted by Gasteiger charge is 2.33. The van der Waals surface area contributed by atoms with Crippen molar-refractivity contribution in [3.05, 3.63) is 40.6 Å². The predicted molar refractivity (Wildman–Crippen MR) is 108 cm³/mol. The lowest BCUT2D eigenvalue weighted by Gasteiger charge is -2.22. The Morgan fingerprint density at radius 1 is 1.04 bits per heavy atom. The number of benzene rings is 1. The third-order valence-corrected chi connectivity index (χ3v) is 6.80. The van der Waals surface area contributed by atoms with Gasteiger partial charge in [0.2, 0.25) is 0 Å². The van der Waals surface area contributed by atoms with Gasteiger partial charge in [-0.25, -0.2) is 0 Å². The third kappa shape index (κ3) is 3.14. The van der Waals surface area contributed by atoms with Crippen LogP contribution in [0.3, 0.4) is 0 Å². The molecule has 0 spiro atoms. The van der Waals surface area contributed by atoms with E-state index in [1.165, 1.54) is 24.0 Å². The van der Waals surface area contributed by atoms with Crippen LogP contribution in [-0.2, 0) is 0 Å². The summed E-state index contributed by atoms with van der Waals surface area (Å²) in [5.41, 5.74) is 5.39. The molecule has 2 aliphatic heterocycles. The molecular formula is C23H29N3O. The first kappa shape index (κ1) is 17.2. The van der Waals surface area contributed by atoms with Gasteiger partial charge in [0.15, 0.2) is 0 Å². The van der Waals surface area contributed by atoms with Gasteiger partial charge >= 0.3 is 0 Å². The van der Waals surface area contributed by atoms with E-state index in [0.717, 1.165) is 73.0 Å². The van der Waals surface area contributed by atoms with Crippen LogP contribution in [0.1, 0.15) is 58.8 Å². The number of carbonyl (C=O) groups excluding carboxylic acids is 1. The minimum absolute atomic E-state index is 0.210. The van der Waals surface area contributed by atoms with Crippen LogP contribution >= 0.6 is 0 Å². The molecule has 2 atom stereocenters. The number of aryl methyl sites for hydroxylation is 2. The molecule has 5 rings (SSSR count). The summed E-state index contributed by atoms with van der Waals surface area (Å²) in [5.74, 6) is 2.24. The molecule has 2 aromatic rings. The van der Waals surface area contributed by atoms with Crippen molar-refractivity contribution in [2.75, 3.05) is 26.2 Å². The van der Waals surface area contributed by atoms with Gasteiger partial charge in [-0.3, -0.25) is 9.78 Å². The van der Waals surface area contributed by atoms with Gasteiger partial charge in [-0.1, -0.05) is 11.6 Å². The van der Waals surface area contributed by atoms with Crippen LogP contribution in [0, 0.1) is 25.7 Å². The number of rotatable bonds is 2. The highest BCUT2D eigenvalue weighted by atomic mass is 16.2. The summed E-state index contributed by atoms with van der Waals surface area (Å²) in [6.45, 7) is 8.23. The first-order chi connectivity index (χ1) is 13.1. The summed E-state index contributed by atoms with van der Waals surface area (Å²) in [4.78, 5) is 20.7. The standard InChI is InChI=1S/C23H29N3O/c1-14-9-15(2)22-19(10-14)20(11-21(25-22)16-3-4-16)23(27)26-7-5-17-12-24-13-18(17)6-8-26/h9-11,16-18,24H,3-8,12-13H2,1-2H3/t17-,18+. The van der Waals surface area contributed by atoms with Crippen molar-refractivity contribution < 1.29 is 4.79 Å². The van der Waals surface area contributed by atoms with E-state index in [9.17, 15) is 4.79 Å². The molecule has 3 fully saturated rings. The minimum atomic E-state index is 0.210. The number of hydrogen-bond donors (Lipinski definition) is 1. The molecule has 1 N–H and O–H groups in total. The average molecular weight is 364 g/mol. The molecule has 0 unspecified atom stereocenters. The van der Waals surface area contributed by atoms with Crippen LogP contribution in [-0.4, -0.2) is 42.0 Å². The van der Waals surface area contributed by atoms with Gasteiger partial charge in [0.25, 0.3) is 5.91 Å².